The monoisotopic (exact) mass is 261 g/mol. The third kappa shape index (κ3) is 2.90. The first kappa shape index (κ1) is 13.3. The number of hydrogen-bond donors (Lipinski definition) is 0. The first-order chi connectivity index (χ1) is 7.37. The summed E-state index contributed by atoms with van der Waals surface area (Å²) in [5, 5.41) is 0. The number of carbonyl (C=O) groups excluding carboxylic acids is 1. The summed E-state index contributed by atoms with van der Waals surface area (Å²) in [6.45, 7) is 4.38. The molecule has 0 amide bonds. The first-order valence-electron chi connectivity index (χ1n) is 4.89. The Morgan fingerprint density at radius 2 is 2.06 bits per heavy atom. The summed E-state index contributed by atoms with van der Waals surface area (Å²) in [7, 11) is -1.88. The van der Waals surface area contributed by atoms with Crippen LogP contribution in [0.4, 0.5) is 0 Å². The van der Waals surface area contributed by atoms with E-state index in [1.165, 1.54) is 16.4 Å². The zero-order valence-corrected chi connectivity index (χ0v) is 11.1. The van der Waals surface area contributed by atoms with E-state index >= 15 is 0 Å². The van der Waals surface area contributed by atoms with Gasteiger partial charge in [0, 0.05) is 13.6 Å². The smallest absolute Gasteiger partial charge is 0.252 e. The van der Waals surface area contributed by atoms with E-state index in [4.69, 9.17) is 0 Å². The molecule has 0 N–H and O–H groups in total. The van der Waals surface area contributed by atoms with Crippen molar-refractivity contribution in [2.75, 3.05) is 13.6 Å². The maximum Gasteiger partial charge on any atom is 0.252 e. The summed E-state index contributed by atoms with van der Waals surface area (Å²) in [6.07, 6.45) is 0.659. The predicted octanol–water partition coefficient (Wildman–Crippen LogP) is 1.84. The molecule has 1 aromatic rings. The van der Waals surface area contributed by atoms with E-state index in [1.807, 2.05) is 13.8 Å². The van der Waals surface area contributed by atoms with E-state index in [0.717, 1.165) is 11.3 Å². The summed E-state index contributed by atoms with van der Waals surface area (Å²) in [5.74, 6) is 0.269. The third-order valence-corrected chi connectivity index (χ3v) is 5.31. The van der Waals surface area contributed by atoms with Crippen LogP contribution in [0.5, 0.6) is 0 Å². The van der Waals surface area contributed by atoms with Gasteiger partial charge >= 0.3 is 0 Å². The second kappa shape index (κ2) is 5.07. The maximum absolute atomic E-state index is 12.0. The van der Waals surface area contributed by atoms with Crippen LogP contribution >= 0.6 is 11.3 Å². The van der Waals surface area contributed by atoms with Crippen molar-refractivity contribution in [3.63, 3.8) is 0 Å². The molecule has 0 saturated heterocycles. The summed E-state index contributed by atoms with van der Waals surface area (Å²) >= 11 is 0.998. The molecule has 0 spiro atoms. The Kier molecular flexibility index (Phi) is 4.23. The highest BCUT2D eigenvalue weighted by atomic mass is 32.2. The molecule has 0 aliphatic carbocycles. The molecule has 0 saturated carbocycles. The minimum absolute atomic E-state index is 0.220. The summed E-state index contributed by atoms with van der Waals surface area (Å²) in [6, 6.07) is 2.99. The van der Waals surface area contributed by atoms with Gasteiger partial charge in [0.15, 0.2) is 6.29 Å². The van der Waals surface area contributed by atoms with Crippen molar-refractivity contribution in [1.29, 1.82) is 0 Å². The van der Waals surface area contributed by atoms with Crippen LogP contribution in [0, 0.1) is 5.92 Å². The van der Waals surface area contributed by atoms with Crippen LogP contribution in [-0.2, 0) is 10.0 Å². The summed E-state index contributed by atoms with van der Waals surface area (Å²) in [5.41, 5.74) is 0. The molecular formula is C10H15NO3S2. The Morgan fingerprint density at radius 1 is 1.44 bits per heavy atom. The number of sulfonamides is 1. The molecule has 0 fully saturated rings. The molecule has 0 unspecified atom stereocenters. The van der Waals surface area contributed by atoms with Gasteiger partial charge in [-0.05, 0) is 18.1 Å². The zero-order chi connectivity index (χ0) is 12.3. The van der Waals surface area contributed by atoms with Crippen LogP contribution < -0.4 is 0 Å². The van der Waals surface area contributed by atoms with Crippen molar-refractivity contribution >= 4 is 27.6 Å². The number of carbonyl (C=O) groups is 1. The lowest BCUT2D eigenvalue weighted by atomic mass is 10.2. The summed E-state index contributed by atoms with van der Waals surface area (Å²) < 4.78 is 25.6. The highest BCUT2D eigenvalue weighted by molar-refractivity contribution is 7.91. The van der Waals surface area contributed by atoms with E-state index in [2.05, 4.69) is 0 Å². The first-order valence-corrected chi connectivity index (χ1v) is 7.15. The van der Waals surface area contributed by atoms with E-state index < -0.39 is 10.0 Å². The van der Waals surface area contributed by atoms with E-state index in [9.17, 15) is 13.2 Å². The molecule has 0 bridgehead atoms. The number of thiophene rings is 1. The lowest BCUT2D eigenvalue weighted by molar-refractivity contribution is 0.112. The summed E-state index contributed by atoms with van der Waals surface area (Å²) in [4.78, 5) is 10.9. The van der Waals surface area contributed by atoms with Crippen LogP contribution in [-0.4, -0.2) is 32.6 Å². The number of nitrogens with zero attached hydrogens (tertiary/aromatic N) is 1. The molecule has 0 radical (unpaired) electrons. The normalized spacial score (nSPS) is 12.3. The highest BCUT2D eigenvalue weighted by Crippen LogP contribution is 2.23. The topological polar surface area (TPSA) is 54.5 Å². The molecule has 16 heavy (non-hydrogen) atoms. The standard InChI is InChI=1S/C10H15NO3S2/c1-8(2)6-11(3)16(13,14)10-5-4-9(7-12)15-10/h4-5,7-8H,6H2,1-3H3. The van der Waals surface area contributed by atoms with Crippen LogP contribution in [0.1, 0.15) is 23.5 Å². The van der Waals surface area contributed by atoms with E-state index in [-0.39, 0.29) is 10.1 Å². The molecule has 1 rings (SSSR count). The number of aldehydes is 1. The van der Waals surface area contributed by atoms with Gasteiger partial charge in [0.1, 0.15) is 4.21 Å². The third-order valence-electron chi connectivity index (χ3n) is 2.01. The Hall–Kier alpha value is -0.720. The largest absolute Gasteiger partial charge is 0.297 e. The van der Waals surface area contributed by atoms with Gasteiger partial charge in [0.05, 0.1) is 4.88 Å². The molecule has 0 atom stereocenters. The molecule has 6 heteroatoms. The second-order valence-corrected chi connectivity index (χ2v) is 7.34. The van der Waals surface area contributed by atoms with Crippen molar-refractivity contribution < 1.29 is 13.2 Å². The molecule has 90 valence electrons. The Morgan fingerprint density at radius 3 is 2.50 bits per heavy atom. The Balaban J connectivity index is 2.97. The highest BCUT2D eigenvalue weighted by Gasteiger charge is 2.23. The van der Waals surface area contributed by atoms with Gasteiger partial charge in [-0.15, -0.1) is 11.3 Å². The Bertz CT molecular complexity index is 462. The number of rotatable bonds is 5. The molecule has 4 nitrogen and oxygen atoms in total. The molecule has 1 heterocycles. The number of hydrogen-bond acceptors (Lipinski definition) is 4. The van der Waals surface area contributed by atoms with Crippen molar-refractivity contribution in [2.24, 2.45) is 5.92 Å². The molecule has 0 aromatic carbocycles. The quantitative estimate of drug-likeness (QED) is 0.760. The van der Waals surface area contributed by atoms with Crippen LogP contribution in [0.25, 0.3) is 0 Å². The maximum atomic E-state index is 12.0. The fourth-order valence-corrected chi connectivity index (χ4v) is 3.99. The van der Waals surface area contributed by atoms with Crippen LogP contribution in [0.2, 0.25) is 0 Å². The van der Waals surface area contributed by atoms with E-state index in [0.29, 0.717) is 17.7 Å². The van der Waals surface area contributed by atoms with Gasteiger partial charge in [0.2, 0.25) is 0 Å². The fraction of sp³-hybridized carbons (Fsp3) is 0.500. The average Bonchev–Trinajstić information content (AvgIpc) is 2.65. The van der Waals surface area contributed by atoms with Crippen LogP contribution in [0.3, 0.4) is 0 Å². The predicted molar refractivity (Wildman–Crippen MR) is 64.4 cm³/mol. The van der Waals surface area contributed by atoms with Gasteiger partial charge in [-0.25, -0.2) is 8.42 Å². The minimum Gasteiger partial charge on any atom is -0.297 e. The SMILES string of the molecule is CC(C)CN(C)S(=O)(=O)c1ccc(C=O)s1. The molecule has 0 aliphatic rings. The van der Waals surface area contributed by atoms with Gasteiger partial charge in [-0.2, -0.15) is 4.31 Å². The minimum atomic E-state index is -3.43. The van der Waals surface area contributed by atoms with Gasteiger partial charge in [-0.3, -0.25) is 4.79 Å². The molecule has 0 aliphatic heterocycles. The second-order valence-electron chi connectivity index (χ2n) is 3.95. The van der Waals surface area contributed by atoms with Gasteiger partial charge < -0.3 is 0 Å². The van der Waals surface area contributed by atoms with Crippen molar-refractivity contribution in [2.45, 2.75) is 18.1 Å². The molecule has 1 aromatic heterocycles. The lowest BCUT2D eigenvalue weighted by Gasteiger charge is -2.17. The van der Waals surface area contributed by atoms with Gasteiger partial charge in [-0.1, -0.05) is 13.8 Å². The lowest BCUT2D eigenvalue weighted by Crippen LogP contribution is -2.29. The fourth-order valence-electron chi connectivity index (χ4n) is 1.30. The zero-order valence-electron chi connectivity index (χ0n) is 9.50. The Labute approximate surface area is 99.9 Å². The van der Waals surface area contributed by atoms with Crippen molar-refractivity contribution in [1.82, 2.24) is 4.31 Å². The van der Waals surface area contributed by atoms with Crippen molar-refractivity contribution in [3.05, 3.63) is 17.0 Å². The van der Waals surface area contributed by atoms with Gasteiger partial charge in [0.25, 0.3) is 10.0 Å². The average molecular weight is 261 g/mol. The van der Waals surface area contributed by atoms with Crippen LogP contribution in [0.15, 0.2) is 16.3 Å². The van der Waals surface area contributed by atoms with E-state index in [1.54, 1.807) is 7.05 Å². The van der Waals surface area contributed by atoms with Crippen molar-refractivity contribution in [3.8, 4) is 0 Å². The molecular weight excluding hydrogens is 246 g/mol.